The summed E-state index contributed by atoms with van der Waals surface area (Å²) in [5, 5.41) is 0. The number of nitrogens with zero attached hydrogens (tertiary/aromatic N) is 1. The van der Waals surface area contributed by atoms with Crippen LogP contribution in [0.5, 0.6) is 0 Å². The molecular weight excluding hydrogens is 104 g/mol. The smallest absolute Gasteiger partial charge is 0.249 e. The van der Waals surface area contributed by atoms with Gasteiger partial charge in [0.25, 0.3) is 0 Å². The summed E-state index contributed by atoms with van der Waals surface area (Å²) in [5.41, 5.74) is 4.85. The molecule has 8 heavy (non-hydrogen) atoms. The molecule has 0 aromatic heterocycles. The molecule has 0 bridgehead atoms. The van der Waals surface area contributed by atoms with Gasteiger partial charge in [0.15, 0.2) is 0 Å². The summed E-state index contributed by atoms with van der Waals surface area (Å²) in [6.07, 6.45) is 1.02. The molecular formula is C5H10N2O. The Morgan fingerprint density at radius 2 is 2.25 bits per heavy atom. The number of rotatable bonds is 1. The fourth-order valence-electron chi connectivity index (χ4n) is 0.223. The summed E-state index contributed by atoms with van der Waals surface area (Å²) in [7, 11) is 0. The van der Waals surface area contributed by atoms with Crippen LogP contribution in [0.3, 0.4) is 0 Å². The maximum atomic E-state index is 10.5. The maximum Gasteiger partial charge on any atom is 0.249 e. The van der Waals surface area contributed by atoms with E-state index in [0.717, 1.165) is 6.34 Å². The molecule has 0 fully saturated rings. The van der Waals surface area contributed by atoms with Crippen LogP contribution < -0.4 is 5.73 Å². The van der Waals surface area contributed by atoms with E-state index in [4.69, 9.17) is 5.73 Å². The predicted molar refractivity (Wildman–Crippen MR) is 32.5 cm³/mol. The third kappa shape index (κ3) is 2.34. The second-order valence-corrected chi connectivity index (χ2v) is 1.77. The van der Waals surface area contributed by atoms with Gasteiger partial charge in [-0.1, -0.05) is 13.8 Å². The number of aliphatic imine (C=N–C) groups is 1. The molecule has 0 aliphatic carbocycles. The lowest BCUT2D eigenvalue weighted by Gasteiger charge is -1.92. The monoisotopic (exact) mass is 114 g/mol. The normalized spacial score (nSPS) is 10.9. The van der Waals surface area contributed by atoms with Gasteiger partial charge in [0, 0.05) is 5.92 Å². The summed E-state index contributed by atoms with van der Waals surface area (Å²) < 4.78 is 0. The predicted octanol–water partition coefficient (Wildman–Crippen LogP) is 0.156. The van der Waals surface area contributed by atoms with E-state index in [1.807, 2.05) is 0 Å². The molecule has 0 saturated carbocycles. The minimum absolute atomic E-state index is 0.0465. The van der Waals surface area contributed by atoms with E-state index >= 15 is 0 Å². The average molecular weight is 114 g/mol. The Bertz CT molecular complexity index is 107. The number of amides is 1. The zero-order valence-corrected chi connectivity index (χ0v) is 5.09. The van der Waals surface area contributed by atoms with Gasteiger partial charge in [-0.15, -0.1) is 0 Å². The SMILES string of the molecule is CC(C)C(=O)N=CN. The van der Waals surface area contributed by atoms with Crippen LogP contribution in [0.1, 0.15) is 13.8 Å². The first-order valence-corrected chi connectivity index (χ1v) is 2.46. The van der Waals surface area contributed by atoms with Gasteiger partial charge in [-0.2, -0.15) is 0 Å². The molecule has 0 spiro atoms. The van der Waals surface area contributed by atoms with Crippen LogP contribution in [0.2, 0.25) is 0 Å². The first-order valence-electron chi connectivity index (χ1n) is 2.46. The van der Waals surface area contributed by atoms with Gasteiger partial charge in [0.2, 0.25) is 5.91 Å². The van der Waals surface area contributed by atoms with Gasteiger partial charge in [0.05, 0.1) is 6.34 Å². The first kappa shape index (κ1) is 7.14. The van der Waals surface area contributed by atoms with Gasteiger partial charge in [-0.25, -0.2) is 4.99 Å². The van der Waals surface area contributed by atoms with E-state index in [1.54, 1.807) is 13.8 Å². The summed E-state index contributed by atoms with van der Waals surface area (Å²) in [5.74, 6) is -0.220. The molecule has 46 valence electrons. The molecule has 0 aromatic rings. The highest BCUT2D eigenvalue weighted by Gasteiger charge is 2.01. The Morgan fingerprint density at radius 1 is 1.75 bits per heavy atom. The summed E-state index contributed by atoms with van der Waals surface area (Å²) in [6, 6.07) is 0. The first-order chi connectivity index (χ1) is 3.68. The lowest BCUT2D eigenvalue weighted by atomic mass is 10.2. The van der Waals surface area contributed by atoms with Gasteiger partial charge in [0.1, 0.15) is 0 Å². The van der Waals surface area contributed by atoms with E-state index in [0.29, 0.717) is 0 Å². The highest BCUT2D eigenvalue weighted by molar-refractivity contribution is 5.85. The molecule has 3 nitrogen and oxygen atoms in total. The fraction of sp³-hybridized carbons (Fsp3) is 0.600. The van der Waals surface area contributed by atoms with Crippen molar-refractivity contribution in [2.24, 2.45) is 16.6 Å². The molecule has 0 radical (unpaired) electrons. The van der Waals surface area contributed by atoms with E-state index < -0.39 is 0 Å². The number of hydrogen-bond donors (Lipinski definition) is 1. The second kappa shape index (κ2) is 3.18. The summed E-state index contributed by atoms with van der Waals surface area (Å²) >= 11 is 0. The average Bonchev–Trinajstić information content (AvgIpc) is 1.67. The molecule has 0 aromatic carbocycles. The van der Waals surface area contributed by atoms with Crippen molar-refractivity contribution in [2.75, 3.05) is 0 Å². The highest BCUT2D eigenvalue weighted by atomic mass is 16.1. The minimum Gasteiger partial charge on any atom is -0.390 e. The van der Waals surface area contributed by atoms with Crippen molar-refractivity contribution in [1.29, 1.82) is 0 Å². The second-order valence-electron chi connectivity index (χ2n) is 1.77. The molecule has 1 amide bonds. The van der Waals surface area contributed by atoms with Crippen LogP contribution in [0, 0.1) is 5.92 Å². The number of nitrogens with two attached hydrogens (primary N) is 1. The Morgan fingerprint density at radius 3 is 2.38 bits per heavy atom. The zero-order chi connectivity index (χ0) is 6.57. The number of hydrogen-bond acceptors (Lipinski definition) is 1. The highest BCUT2D eigenvalue weighted by Crippen LogP contribution is 1.92. The van der Waals surface area contributed by atoms with Crippen LogP contribution in [0.4, 0.5) is 0 Å². The molecule has 0 aliphatic rings. The van der Waals surface area contributed by atoms with E-state index in [2.05, 4.69) is 4.99 Å². The van der Waals surface area contributed by atoms with Gasteiger partial charge in [-0.3, -0.25) is 4.79 Å². The molecule has 0 atom stereocenters. The molecule has 3 heteroatoms. The van der Waals surface area contributed by atoms with Crippen molar-refractivity contribution in [3.05, 3.63) is 0 Å². The van der Waals surface area contributed by atoms with Gasteiger partial charge < -0.3 is 5.73 Å². The van der Waals surface area contributed by atoms with Crippen molar-refractivity contribution < 1.29 is 4.79 Å². The van der Waals surface area contributed by atoms with Crippen LogP contribution in [0.15, 0.2) is 4.99 Å². The fourth-order valence-corrected chi connectivity index (χ4v) is 0.223. The van der Waals surface area contributed by atoms with Crippen molar-refractivity contribution in [3.8, 4) is 0 Å². The van der Waals surface area contributed by atoms with Crippen molar-refractivity contribution >= 4 is 12.2 Å². The van der Waals surface area contributed by atoms with Crippen molar-refractivity contribution in [2.45, 2.75) is 13.8 Å². The lowest BCUT2D eigenvalue weighted by Crippen LogP contribution is -2.05. The van der Waals surface area contributed by atoms with Crippen LogP contribution in [-0.2, 0) is 4.79 Å². The Labute approximate surface area is 48.6 Å². The Kier molecular flexibility index (Phi) is 2.84. The Balaban J connectivity index is 3.66. The molecule has 0 saturated heterocycles. The standard InChI is InChI=1S/C5H10N2O/c1-4(2)5(8)7-3-6/h3-4H,1-2H3,(H2,6,7,8). The van der Waals surface area contributed by atoms with E-state index in [9.17, 15) is 4.79 Å². The minimum atomic E-state index is -0.174. The van der Waals surface area contributed by atoms with Gasteiger partial charge >= 0.3 is 0 Å². The molecule has 0 heterocycles. The zero-order valence-electron chi connectivity index (χ0n) is 5.09. The maximum absolute atomic E-state index is 10.5. The van der Waals surface area contributed by atoms with Gasteiger partial charge in [-0.05, 0) is 0 Å². The molecule has 0 rings (SSSR count). The van der Waals surface area contributed by atoms with Crippen molar-refractivity contribution in [1.82, 2.24) is 0 Å². The largest absolute Gasteiger partial charge is 0.390 e. The third-order valence-corrected chi connectivity index (χ3v) is 0.696. The summed E-state index contributed by atoms with van der Waals surface area (Å²) in [4.78, 5) is 13.8. The van der Waals surface area contributed by atoms with Crippen LogP contribution >= 0.6 is 0 Å². The summed E-state index contributed by atoms with van der Waals surface area (Å²) in [6.45, 7) is 3.55. The molecule has 2 N–H and O–H groups in total. The third-order valence-electron chi connectivity index (χ3n) is 0.696. The molecule has 0 unspecified atom stereocenters. The lowest BCUT2D eigenvalue weighted by molar-refractivity contribution is -0.120. The topological polar surface area (TPSA) is 55.5 Å². The van der Waals surface area contributed by atoms with E-state index in [1.165, 1.54) is 0 Å². The van der Waals surface area contributed by atoms with Crippen LogP contribution in [0.25, 0.3) is 0 Å². The van der Waals surface area contributed by atoms with Crippen LogP contribution in [-0.4, -0.2) is 12.2 Å². The number of carbonyl (C=O) groups is 1. The van der Waals surface area contributed by atoms with E-state index in [-0.39, 0.29) is 11.8 Å². The Hall–Kier alpha value is -0.860. The number of carbonyl (C=O) groups excluding carboxylic acids is 1. The molecule has 0 aliphatic heterocycles. The quantitative estimate of drug-likeness (QED) is 0.390. The van der Waals surface area contributed by atoms with Crippen molar-refractivity contribution in [3.63, 3.8) is 0 Å².